The summed E-state index contributed by atoms with van der Waals surface area (Å²) in [5.41, 5.74) is 1.25. The van der Waals surface area contributed by atoms with Crippen molar-refractivity contribution < 1.29 is 4.39 Å². The normalized spacial score (nSPS) is 10.1. The molecule has 2 aromatic rings. The van der Waals surface area contributed by atoms with Gasteiger partial charge in [-0.2, -0.15) is 0 Å². The van der Waals surface area contributed by atoms with Gasteiger partial charge in [-0.25, -0.2) is 14.4 Å². The Bertz CT molecular complexity index is 476. The molecule has 0 radical (unpaired) electrons. The van der Waals surface area contributed by atoms with Gasteiger partial charge < -0.3 is 5.32 Å². The Hall–Kier alpha value is -1.68. The molecule has 0 fully saturated rings. The van der Waals surface area contributed by atoms with Crippen LogP contribution in [0.3, 0.4) is 0 Å². The molecule has 0 aliphatic carbocycles. The van der Waals surface area contributed by atoms with Crippen LogP contribution < -0.4 is 5.32 Å². The number of anilines is 1. The molecule has 1 N–H and O–H groups in total. The largest absolute Gasteiger partial charge is 0.378 e. The highest BCUT2D eigenvalue weighted by atomic mass is 35.5. The van der Waals surface area contributed by atoms with Crippen LogP contribution >= 0.6 is 11.6 Å². The molecule has 5 heteroatoms. The topological polar surface area (TPSA) is 37.8 Å². The maximum absolute atomic E-state index is 13.3. The van der Waals surface area contributed by atoms with E-state index in [0.29, 0.717) is 17.3 Å². The molecule has 0 aliphatic rings. The van der Waals surface area contributed by atoms with Crippen molar-refractivity contribution in [3.05, 3.63) is 53.3 Å². The highest BCUT2D eigenvalue weighted by Crippen LogP contribution is 2.19. The molecule has 1 aromatic heterocycles. The molecule has 82 valence electrons. The van der Waals surface area contributed by atoms with E-state index in [1.54, 1.807) is 18.5 Å². The number of halogens is 2. The van der Waals surface area contributed by atoms with Gasteiger partial charge in [0.05, 0.1) is 5.69 Å². The van der Waals surface area contributed by atoms with Crippen LogP contribution in [0.1, 0.15) is 5.56 Å². The van der Waals surface area contributed by atoms with E-state index in [-0.39, 0.29) is 5.82 Å². The van der Waals surface area contributed by atoms with Gasteiger partial charge in [0.1, 0.15) is 12.1 Å². The summed E-state index contributed by atoms with van der Waals surface area (Å²) in [5.74, 6) is -0.332. The molecular weight excluding hydrogens is 229 g/mol. The summed E-state index contributed by atoms with van der Waals surface area (Å²) >= 11 is 5.77. The minimum absolute atomic E-state index is 0.332. The Labute approximate surface area is 97.3 Å². The summed E-state index contributed by atoms with van der Waals surface area (Å²) in [6.45, 7) is 0.456. The summed E-state index contributed by atoms with van der Waals surface area (Å²) < 4.78 is 13.3. The molecule has 16 heavy (non-hydrogen) atoms. The summed E-state index contributed by atoms with van der Waals surface area (Å²) in [7, 11) is 0. The van der Waals surface area contributed by atoms with E-state index in [1.807, 2.05) is 0 Å². The molecule has 0 atom stereocenters. The molecule has 0 spiro atoms. The van der Waals surface area contributed by atoms with Crippen LogP contribution in [0, 0.1) is 5.82 Å². The van der Waals surface area contributed by atoms with Crippen molar-refractivity contribution in [2.45, 2.75) is 6.54 Å². The second kappa shape index (κ2) is 4.90. The molecule has 1 aromatic carbocycles. The first-order chi connectivity index (χ1) is 7.75. The van der Waals surface area contributed by atoms with Gasteiger partial charge in [0, 0.05) is 29.5 Å². The monoisotopic (exact) mass is 237 g/mol. The zero-order valence-corrected chi connectivity index (χ0v) is 9.08. The quantitative estimate of drug-likeness (QED) is 0.892. The fraction of sp³-hybridized carbons (Fsp3) is 0.0909. The van der Waals surface area contributed by atoms with E-state index < -0.39 is 0 Å². The number of hydrogen-bond donors (Lipinski definition) is 1. The van der Waals surface area contributed by atoms with E-state index in [1.165, 1.54) is 18.5 Å². The molecular formula is C11H9ClFN3. The number of nitrogens with one attached hydrogen (secondary N) is 1. The Morgan fingerprint density at radius 1 is 1.25 bits per heavy atom. The minimum atomic E-state index is -0.332. The average molecular weight is 238 g/mol. The van der Waals surface area contributed by atoms with Crippen LogP contribution in [0.2, 0.25) is 5.02 Å². The number of nitrogens with zero attached hydrogens (tertiary/aromatic N) is 2. The van der Waals surface area contributed by atoms with Crippen LogP contribution in [0.4, 0.5) is 10.1 Å². The van der Waals surface area contributed by atoms with Gasteiger partial charge in [-0.3, -0.25) is 0 Å². The van der Waals surface area contributed by atoms with Crippen molar-refractivity contribution in [3.8, 4) is 0 Å². The highest BCUT2D eigenvalue weighted by molar-refractivity contribution is 6.30. The minimum Gasteiger partial charge on any atom is -0.378 e. The lowest BCUT2D eigenvalue weighted by Crippen LogP contribution is -2.02. The lowest BCUT2D eigenvalue weighted by Gasteiger charge is -2.07. The van der Waals surface area contributed by atoms with E-state index in [2.05, 4.69) is 15.3 Å². The third-order valence-electron chi connectivity index (χ3n) is 2.03. The fourth-order valence-electron chi connectivity index (χ4n) is 1.25. The van der Waals surface area contributed by atoms with Crippen LogP contribution in [0.25, 0.3) is 0 Å². The van der Waals surface area contributed by atoms with Crippen molar-refractivity contribution in [3.63, 3.8) is 0 Å². The van der Waals surface area contributed by atoms with E-state index in [4.69, 9.17) is 11.6 Å². The second-order valence-electron chi connectivity index (χ2n) is 3.22. The third kappa shape index (κ3) is 2.67. The predicted molar refractivity (Wildman–Crippen MR) is 60.8 cm³/mol. The average Bonchev–Trinajstić information content (AvgIpc) is 2.32. The smallest absolute Gasteiger partial charge is 0.146 e. The molecule has 0 bridgehead atoms. The molecule has 1 heterocycles. The van der Waals surface area contributed by atoms with Gasteiger partial charge in [-0.05, 0) is 18.2 Å². The summed E-state index contributed by atoms with van der Waals surface area (Å²) in [4.78, 5) is 7.73. The Morgan fingerprint density at radius 2 is 2.00 bits per heavy atom. The van der Waals surface area contributed by atoms with Crippen molar-refractivity contribution in [1.82, 2.24) is 9.97 Å². The zero-order chi connectivity index (χ0) is 11.4. The highest BCUT2D eigenvalue weighted by Gasteiger charge is 2.02. The number of aromatic nitrogens is 2. The fourth-order valence-corrected chi connectivity index (χ4v) is 1.42. The van der Waals surface area contributed by atoms with Gasteiger partial charge in [-0.15, -0.1) is 0 Å². The maximum Gasteiger partial charge on any atom is 0.146 e. The van der Waals surface area contributed by atoms with Crippen LogP contribution in [-0.2, 0) is 6.54 Å². The SMILES string of the molecule is Fc1ccc(Cl)cc1NCc1cncnc1. The molecule has 0 saturated carbocycles. The van der Waals surface area contributed by atoms with Gasteiger partial charge in [0.25, 0.3) is 0 Å². The standard InChI is InChI=1S/C11H9ClFN3/c12-9-1-2-10(13)11(3-9)16-6-8-4-14-7-15-5-8/h1-5,7,16H,6H2. The molecule has 0 saturated heterocycles. The van der Waals surface area contributed by atoms with Crippen molar-refractivity contribution in [1.29, 1.82) is 0 Å². The molecule has 3 nitrogen and oxygen atoms in total. The van der Waals surface area contributed by atoms with E-state index in [9.17, 15) is 4.39 Å². The summed E-state index contributed by atoms with van der Waals surface area (Å²) in [6.07, 6.45) is 4.79. The van der Waals surface area contributed by atoms with E-state index >= 15 is 0 Å². The molecule has 0 aliphatic heterocycles. The summed E-state index contributed by atoms with van der Waals surface area (Å²) in [6, 6.07) is 4.38. The Morgan fingerprint density at radius 3 is 2.75 bits per heavy atom. The van der Waals surface area contributed by atoms with Crippen molar-refractivity contribution >= 4 is 17.3 Å². The third-order valence-corrected chi connectivity index (χ3v) is 2.26. The predicted octanol–water partition coefficient (Wildman–Crippen LogP) is 2.88. The number of benzene rings is 1. The Kier molecular flexibility index (Phi) is 3.31. The van der Waals surface area contributed by atoms with Crippen molar-refractivity contribution in [2.75, 3.05) is 5.32 Å². The molecule has 0 unspecified atom stereocenters. The van der Waals surface area contributed by atoms with Gasteiger partial charge in [0.2, 0.25) is 0 Å². The first-order valence-corrected chi connectivity index (χ1v) is 5.06. The van der Waals surface area contributed by atoms with Crippen LogP contribution in [0.5, 0.6) is 0 Å². The molecule has 2 rings (SSSR count). The van der Waals surface area contributed by atoms with Gasteiger partial charge in [0.15, 0.2) is 0 Å². The zero-order valence-electron chi connectivity index (χ0n) is 8.32. The van der Waals surface area contributed by atoms with Crippen LogP contribution in [0.15, 0.2) is 36.9 Å². The molecule has 0 amide bonds. The lowest BCUT2D eigenvalue weighted by molar-refractivity contribution is 0.630. The lowest BCUT2D eigenvalue weighted by atomic mass is 10.3. The van der Waals surface area contributed by atoms with Crippen molar-refractivity contribution in [2.24, 2.45) is 0 Å². The summed E-state index contributed by atoms with van der Waals surface area (Å²) in [5, 5.41) is 3.42. The maximum atomic E-state index is 13.3. The van der Waals surface area contributed by atoms with Crippen LogP contribution in [-0.4, -0.2) is 9.97 Å². The van der Waals surface area contributed by atoms with E-state index in [0.717, 1.165) is 5.56 Å². The first-order valence-electron chi connectivity index (χ1n) is 4.68. The Balaban J connectivity index is 2.08. The second-order valence-corrected chi connectivity index (χ2v) is 3.66. The van der Waals surface area contributed by atoms with Gasteiger partial charge >= 0.3 is 0 Å². The van der Waals surface area contributed by atoms with Gasteiger partial charge in [-0.1, -0.05) is 11.6 Å². The number of hydrogen-bond acceptors (Lipinski definition) is 3. The number of rotatable bonds is 3. The first kappa shape index (κ1) is 10.8.